The molecule has 3 N–H and O–H groups in total. The predicted molar refractivity (Wildman–Crippen MR) is 42.0 cm³/mol. The Labute approximate surface area is 65.8 Å². The van der Waals surface area contributed by atoms with Crippen molar-refractivity contribution in [2.45, 2.75) is 0 Å². The van der Waals surface area contributed by atoms with Gasteiger partial charge in [-0.15, -0.1) is 0 Å². The van der Waals surface area contributed by atoms with Crippen molar-refractivity contribution in [3.8, 4) is 0 Å². The molecule has 0 aliphatic heterocycles. The van der Waals surface area contributed by atoms with Crippen molar-refractivity contribution < 1.29 is 4.79 Å². The molecule has 1 aromatic heterocycles. The molecule has 0 bridgehead atoms. The first-order valence-electron chi connectivity index (χ1n) is 2.34. The Morgan fingerprint density at radius 2 is 2.33 bits per heavy atom. The van der Waals surface area contributed by atoms with Gasteiger partial charge >= 0.3 is 0 Å². The Bertz CT molecular complexity index is 231. The average Bonchev–Trinajstić information content (AvgIpc) is 2.14. The van der Waals surface area contributed by atoms with Crippen LogP contribution in [0.1, 0.15) is 10.5 Å². The van der Waals surface area contributed by atoms with E-state index in [-0.39, 0.29) is 0 Å². The minimum absolute atomic E-state index is 0.419. The zero-order valence-corrected chi connectivity index (χ0v) is 6.68. The molecule has 3 nitrogen and oxygen atoms in total. The van der Waals surface area contributed by atoms with Crippen LogP contribution in [0.3, 0.4) is 0 Å². The topological polar surface area (TPSA) is 58.9 Å². The lowest BCUT2D eigenvalue weighted by Crippen LogP contribution is -2.10. The van der Waals surface area contributed by atoms with Crippen molar-refractivity contribution in [3.63, 3.8) is 0 Å². The van der Waals surface area contributed by atoms with Gasteiger partial charge in [0.25, 0.3) is 5.91 Å². The van der Waals surface area contributed by atoms with Gasteiger partial charge in [-0.2, -0.15) is 0 Å². The number of aromatic amines is 1. The predicted octanol–water partition coefficient (Wildman–Crippen LogP) is 0.718. The highest BCUT2D eigenvalue weighted by Gasteiger charge is 1.99. The summed E-state index contributed by atoms with van der Waals surface area (Å²) in [6.07, 6.45) is 0. The first kappa shape index (κ1) is 6.60. The molecule has 4 heteroatoms. The maximum absolute atomic E-state index is 10.4. The highest BCUT2D eigenvalue weighted by molar-refractivity contribution is 14.1. The van der Waals surface area contributed by atoms with E-state index in [9.17, 15) is 4.79 Å². The second kappa shape index (κ2) is 2.38. The standard InChI is InChI=1S/C5H5IN2O/c6-4-2-1-3(8-4)5(7)9/h1-2,8H,(H2,7,9). The van der Waals surface area contributed by atoms with Crippen LogP contribution in [0.2, 0.25) is 0 Å². The fourth-order valence-electron chi connectivity index (χ4n) is 0.512. The molecule has 0 aromatic carbocycles. The summed E-state index contributed by atoms with van der Waals surface area (Å²) in [6.45, 7) is 0. The van der Waals surface area contributed by atoms with E-state index in [0.29, 0.717) is 5.69 Å². The van der Waals surface area contributed by atoms with Crippen LogP contribution < -0.4 is 5.73 Å². The molecule has 1 amide bonds. The van der Waals surface area contributed by atoms with Gasteiger partial charge < -0.3 is 10.7 Å². The molecule has 0 unspecified atom stereocenters. The Morgan fingerprint density at radius 3 is 2.56 bits per heavy atom. The SMILES string of the molecule is NC(=O)c1ccc(I)[nH]1. The summed E-state index contributed by atoms with van der Waals surface area (Å²) in [5.74, 6) is -0.419. The van der Waals surface area contributed by atoms with E-state index < -0.39 is 5.91 Å². The lowest BCUT2D eigenvalue weighted by atomic mass is 10.4. The monoisotopic (exact) mass is 236 g/mol. The van der Waals surface area contributed by atoms with Gasteiger partial charge in [0.1, 0.15) is 5.69 Å². The number of nitrogens with two attached hydrogens (primary N) is 1. The van der Waals surface area contributed by atoms with Crippen LogP contribution in [-0.4, -0.2) is 10.9 Å². The fraction of sp³-hybridized carbons (Fsp3) is 0. The van der Waals surface area contributed by atoms with Crippen molar-refractivity contribution in [2.75, 3.05) is 0 Å². The van der Waals surface area contributed by atoms with E-state index in [1.165, 1.54) is 0 Å². The largest absolute Gasteiger partial charge is 0.364 e. The molecule has 9 heavy (non-hydrogen) atoms. The number of H-pyrrole nitrogens is 1. The van der Waals surface area contributed by atoms with E-state index in [1.54, 1.807) is 12.1 Å². The summed E-state index contributed by atoms with van der Waals surface area (Å²) < 4.78 is 0.918. The summed E-state index contributed by atoms with van der Waals surface area (Å²) in [7, 11) is 0. The van der Waals surface area contributed by atoms with E-state index >= 15 is 0 Å². The fourth-order valence-corrected chi connectivity index (χ4v) is 0.983. The number of halogens is 1. The molecule has 0 atom stereocenters. The number of aromatic nitrogens is 1. The van der Waals surface area contributed by atoms with Gasteiger partial charge in [-0.25, -0.2) is 0 Å². The van der Waals surface area contributed by atoms with Crippen LogP contribution in [-0.2, 0) is 0 Å². The normalized spacial score (nSPS) is 9.44. The number of hydrogen-bond donors (Lipinski definition) is 2. The number of carbonyl (C=O) groups is 1. The van der Waals surface area contributed by atoms with Gasteiger partial charge in [-0.3, -0.25) is 4.79 Å². The number of primary amides is 1. The van der Waals surface area contributed by atoms with Gasteiger partial charge in [0, 0.05) is 0 Å². The molecule has 1 rings (SSSR count). The van der Waals surface area contributed by atoms with Crippen molar-refractivity contribution in [3.05, 3.63) is 21.5 Å². The van der Waals surface area contributed by atoms with E-state index in [4.69, 9.17) is 5.73 Å². The molecule has 0 aliphatic rings. The Kier molecular flexibility index (Phi) is 1.75. The molecule has 1 aromatic rings. The third-order valence-electron chi connectivity index (χ3n) is 0.916. The molecule has 1 heterocycles. The van der Waals surface area contributed by atoms with Crippen LogP contribution in [0.4, 0.5) is 0 Å². The van der Waals surface area contributed by atoms with Gasteiger partial charge in [0.2, 0.25) is 0 Å². The second-order valence-corrected chi connectivity index (χ2v) is 2.75. The molecule has 0 fully saturated rings. The number of rotatable bonds is 1. The smallest absolute Gasteiger partial charge is 0.265 e. The van der Waals surface area contributed by atoms with Gasteiger partial charge in [-0.1, -0.05) is 0 Å². The Balaban J connectivity index is 2.98. The van der Waals surface area contributed by atoms with Crippen molar-refractivity contribution in [1.29, 1.82) is 0 Å². The van der Waals surface area contributed by atoms with Crippen LogP contribution >= 0.6 is 22.6 Å². The summed E-state index contributed by atoms with van der Waals surface area (Å²) in [5.41, 5.74) is 5.41. The molecule has 0 radical (unpaired) electrons. The van der Waals surface area contributed by atoms with Crippen molar-refractivity contribution in [1.82, 2.24) is 4.98 Å². The maximum atomic E-state index is 10.4. The molecular formula is C5H5IN2O. The Morgan fingerprint density at radius 1 is 1.67 bits per heavy atom. The molecule has 48 valence electrons. The van der Waals surface area contributed by atoms with Gasteiger partial charge in [0.05, 0.1) is 3.70 Å². The molecule has 0 spiro atoms. The van der Waals surface area contributed by atoms with E-state index in [2.05, 4.69) is 27.6 Å². The summed E-state index contributed by atoms with van der Waals surface area (Å²) in [5, 5.41) is 0. The first-order valence-corrected chi connectivity index (χ1v) is 3.42. The average molecular weight is 236 g/mol. The Hall–Kier alpha value is -0.520. The third kappa shape index (κ3) is 1.44. The van der Waals surface area contributed by atoms with Gasteiger partial charge in [0.15, 0.2) is 0 Å². The number of amides is 1. The quantitative estimate of drug-likeness (QED) is 0.693. The van der Waals surface area contributed by atoms with Crippen LogP contribution in [0, 0.1) is 3.70 Å². The maximum Gasteiger partial charge on any atom is 0.265 e. The third-order valence-corrected chi connectivity index (χ3v) is 1.55. The minimum Gasteiger partial charge on any atom is -0.364 e. The molecule has 0 saturated carbocycles. The van der Waals surface area contributed by atoms with E-state index in [0.717, 1.165) is 3.70 Å². The zero-order valence-electron chi connectivity index (χ0n) is 4.52. The summed E-state index contributed by atoms with van der Waals surface area (Å²) in [4.78, 5) is 13.2. The van der Waals surface area contributed by atoms with E-state index in [1.807, 2.05) is 0 Å². The molecule has 0 aliphatic carbocycles. The van der Waals surface area contributed by atoms with Crippen molar-refractivity contribution >= 4 is 28.5 Å². The van der Waals surface area contributed by atoms with Crippen molar-refractivity contribution in [2.24, 2.45) is 5.73 Å². The minimum atomic E-state index is -0.419. The molecule has 0 saturated heterocycles. The molecular weight excluding hydrogens is 231 g/mol. The number of hydrogen-bond acceptors (Lipinski definition) is 1. The summed E-state index contributed by atoms with van der Waals surface area (Å²) >= 11 is 2.07. The van der Waals surface area contributed by atoms with Crippen LogP contribution in [0.15, 0.2) is 12.1 Å². The second-order valence-electron chi connectivity index (χ2n) is 1.58. The first-order chi connectivity index (χ1) is 4.20. The van der Waals surface area contributed by atoms with Crippen LogP contribution in [0.5, 0.6) is 0 Å². The highest BCUT2D eigenvalue weighted by atomic mass is 127. The summed E-state index contributed by atoms with van der Waals surface area (Å²) in [6, 6.07) is 3.45. The number of carbonyl (C=O) groups excluding carboxylic acids is 1. The zero-order chi connectivity index (χ0) is 6.85. The highest BCUT2D eigenvalue weighted by Crippen LogP contribution is 2.02. The lowest BCUT2D eigenvalue weighted by molar-refractivity contribution is 0.0996. The van der Waals surface area contributed by atoms with Crippen LogP contribution in [0.25, 0.3) is 0 Å². The number of nitrogens with one attached hydrogen (secondary N) is 1. The lowest BCUT2D eigenvalue weighted by Gasteiger charge is -1.84. The van der Waals surface area contributed by atoms with Gasteiger partial charge in [-0.05, 0) is 34.7 Å².